The van der Waals surface area contributed by atoms with Gasteiger partial charge >= 0.3 is 0 Å². The summed E-state index contributed by atoms with van der Waals surface area (Å²) in [5.41, 5.74) is 15.7. The van der Waals surface area contributed by atoms with E-state index in [0.29, 0.717) is 5.92 Å². The molecule has 55 heavy (non-hydrogen) atoms. The van der Waals surface area contributed by atoms with Crippen LogP contribution in [0.5, 0.6) is 0 Å². The summed E-state index contributed by atoms with van der Waals surface area (Å²) in [4.78, 5) is 5.12. The lowest BCUT2D eigenvalue weighted by Crippen LogP contribution is -2.61. The summed E-state index contributed by atoms with van der Waals surface area (Å²) in [5.74, 6) is 0.570. The molecule has 2 heterocycles. The van der Waals surface area contributed by atoms with Gasteiger partial charge in [-0.05, 0) is 145 Å². The van der Waals surface area contributed by atoms with E-state index in [1.807, 2.05) is 0 Å². The molecule has 12 rings (SSSR count). The number of para-hydroxylation sites is 3. The van der Waals surface area contributed by atoms with Crippen LogP contribution in [-0.4, -0.2) is 6.71 Å². The highest BCUT2D eigenvalue weighted by molar-refractivity contribution is 7.00. The maximum atomic E-state index is 2.57. The fourth-order valence-corrected chi connectivity index (χ4v) is 10.5. The Morgan fingerprint density at radius 2 is 0.964 bits per heavy atom. The number of rotatable bonds is 4. The quantitative estimate of drug-likeness (QED) is 0.133. The van der Waals surface area contributed by atoms with E-state index in [1.165, 1.54) is 132 Å². The van der Waals surface area contributed by atoms with Crippen LogP contribution >= 0.6 is 0 Å². The largest absolute Gasteiger partial charge is 0.311 e. The molecule has 0 N–H and O–H groups in total. The van der Waals surface area contributed by atoms with Gasteiger partial charge in [-0.15, -0.1) is 0 Å². The Morgan fingerprint density at radius 3 is 1.62 bits per heavy atom. The molecule has 9 aromatic rings. The summed E-state index contributed by atoms with van der Waals surface area (Å²) in [6.07, 6.45) is 6.48. The van der Waals surface area contributed by atoms with Crippen molar-refractivity contribution in [1.82, 2.24) is 0 Å². The van der Waals surface area contributed by atoms with Gasteiger partial charge in [-0.3, -0.25) is 0 Å². The van der Waals surface area contributed by atoms with Crippen molar-refractivity contribution >= 4 is 89.5 Å². The van der Waals surface area contributed by atoms with Crippen molar-refractivity contribution in [3.05, 3.63) is 175 Å². The monoisotopic (exact) mass is 702 g/mol. The topological polar surface area (TPSA) is 6.48 Å². The van der Waals surface area contributed by atoms with Crippen LogP contribution in [0.1, 0.15) is 43.6 Å². The third kappa shape index (κ3) is 4.69. The zero-order valence-electron chi connectivity index (χ0n) is 30.8. The second-order valence-corrected chi connectivity index (χ2v) is 15.9. The summed E-state index contributed by atoms with van der Waals surface area (Å²) in [7, 11) is 0. The molecule has 260 valence electrons. The summed E-state index contributed by atoms with van der Waals surface area (Å²) in [6.45, 7) is 0.0849. The first kappa shape index (κ1) is 31.1. The molecule has 0 unspecified atom stereocenters. The molecule has 0 atom stereocenters. The van der Waals surface area contributed by atoms with Crippen LogP contribution in [-0.2, 0) is 0 Å². The minimum atomic E-state index is 0.0849. The van der Waals surface area contributed by atoms with Crippen LogP contribution in [0.4, 0.5) is 34.1 Å². The summed E-state index contributed by atoms with van der Waals surface area (Å²) in [6, 6.07) is 64.3. The zero-order chi connectivity index (χ0) is 36.0. The average Bonchev–Trinajstić information content (AvgIpc) is 3.26. The molecule has 0 spiro atoms. The molecule has 9 aromatic carbocycles. The van der Waals surface area contributed by atoms with Crippen molar-refractivity contribution in [2.24, 2.45) is 0 Å². The predicted octanol–water partition coefficient (Wildman–Crippen LogP) is 12.4. The highest BCUT2D eigenvalue weighted by Crippen LogP contribution is 2.47. The molecule has 0 aromatic heterocycles. The predicted molar refractivity (Wildman–Crippen MR) is 235 cm³/mol. The SMILES string of the molecule is c1ccc(N2c3ccccc3B3c4cc(-c5cc6ccc7cccc8ccc(c5)c6c78)ccc4N(c4ccccc4)c4cc(C5CCCCC5)cc2c43)cc1. The van der Waals surface area contributed by atoms with Crippen molar-refractivity contribution in [3.63, 3.8) is 0 Å². The highest BCUT2D eigenvalue weighted by Gasteiger charge is 2.44. The number of benzene rings is 9. The third-order valence-corrected chi connectivity index (χ3v) is 12.9. The van der Waals surface area contributed by atoms with Crippen LogP contribution in [0.3, 0.4) is 0 Å². The standard InChI is InChI=1S/C52H39BN2/c1-4-13-34(14-5-1)41-32-48-52-49(33-41)55(43-19-8-3-9-20-43)47-28-27-37(40-29-38-25-23-35-15-12-16-36-24-26-39(30-40)51(38)50(35)36)31-45(47)53(52)44-21-10-11-22-46(44)54(48)42-17-6-2-7-18-42/h2-3,6-12,15-34H,1,4-5,13-14H2. The number of hydrogen-bond donors (Lipinski definition) is 0. The molecule has 1 fully saturated rings. The zero-order valence-corrected chi connectivity index (χ0v) is 30.8. The van der Waals surface area contributed by atoms with Gasteiger partial charge in [0.25, 0.3) is 6.71 Å². The number of hydrogen-bond acceptors (Lipinski definition) is 2. The van der Waals surface area contributed by atoms with E-state index in [-0.39, 0.29) is 6.71 Å². The van der Waals surface area contributed by atoms with Gasteiger partial charge in [0.15, 0.2) is 0 Å². The lowest BCUT2D eigenvalue weighted by Gasteiger charge is -2.45. The van der Waals surface area contributed by atoms with Crippen molar-refractivity contribution in [3.8, 4) is 11.1 Å². The molecule has 1 aliphatic carbocycles. The van der Waals surface area contributed by atoms with Gasteiger partial charge in [0.2, 0.25) is 0 Å². The van der Waals surface area contributed by atoms with E-state index in [2.05, 4.69) is 180 Å². The van der Waals surface area contributed by atoms with Crippen molar-refractivity contribution in [2.45, 2.75) is 38.0 Å². The van der Waals surface area contributed by atoms with Gasteiger partial charge in [0.1, 0.15) is 0 Å². The van der Waals surface area contributed by atoms with Crippen molar-refractivity contribution < 1.29 is 0 Å². The first-order chi connectivity index (χ1) is 27.3. The Labute approximate surface area is 322 Å². The number of nitrogens with zero attached hydrogens (tertiary/aromatic N) is 2. The Kier molecular flexibility index (Phi) is 6.84. The molecule has 2 nitrogen and oxygen atoms in total. The molecule has 0 saturated heterocycles. The van der Waals surface area contributed by atoms with Gasteiger partial charge in [-0.1, -0.05) is 128 Å². The van der Waals surface area contributed by atoms with Gasteiger partial charge in [-0.2, -0.15) is 0 Å². The summed E-state index contributed by atoms with van der Waals surface area (Å²) >= 11 is 0. The fourth-order valence-electron chi connectivity index (χ4n) is 10.5. The van der Waals surface area contributed by atoms with Crippen molar-refractivity contribution in [2.75, 3.05) is 9.80 Å². The second-order valence-electron chi connectivity index (χ2n) is 15.9. The first-order valence-electron chi connectivity index (χ1n) is 20.1. The minimum Gasteiger partial charge on any atom is -0.311 e. The molecule has 0 amide bonds. The molecule has 0 bridgehead atoms. The van der Waals surface area contributed by atoms with Gasteiger partial charge in [0, 0.05) is 34.1 Å². The lowest BCUT2D eigenvalue weighted by molar-refractivity contribution is 0.444. The van der Waals surface area contributed by atoms with Gasteiger partial charge in [-0.25, -0.2) is 0 Å². The Morgan fingerprint density at radius 1 is 0.400 bits per heavy atom. The normalized spacial score (nSPS) is 15.1. The summed E-state index contributed by atoms with van der Waals surface area (Å²) in [5, 5.41) is 7.93. The van der Waals surface area contributed by atoms with Crippen LogP contribution in [0.15, 0.2) is 170 Å². The maximum absolute atomic E-state index is 2.57. The molecule has 3 heteroatoms. The van der Waals surface area contributed by atoms with Crippen LogP contribution < -0.4 is 26.2 Å². The number of anilines is 6. The third-order valence-electron chi connectivity index (χ3n) is 12.9. The highest BCUT2D eigenvalue weighted by atomic mass is 15.2. The Balaban J connectivity index is 1.13. The molecular formula is C52H39BN2. The van der Waals surface area contributed by atoms with E-state index in [1.54, 1.807) is 0 Å². The molecule has 1 saturated carbocycles. The van der Waals surface area contributed by atoms with E-state index < -0.39 is 0 Å². The molecule has 3 aliphatic rings. The fraction of sp³-hybridized carbons (Fsp3) is 0.115. The first-order valence-corrected chi connectivity index (χ1v) is 20.1. The van der Waals surface area contributed by atoms with Crippen LogP contribution in [0, 0.1) is 0 Å². The Bertz CT molecular complexity index is 2850. The molecule has 2 aliphatic heterocycles. The van der Waals surface area contributed by atoms with Gasteiger partial charge in [0.05, 0.1) is 0 Å². The molecule has 0 radical (unpaired) electrons. The Hall–Kier alpha value is -6.32. The van der Waals surface area contributed by atoms with Gasteiger partial charge < -0.3 is 9.80 Å². The average molecular weight is 703 g/mol. The smallest absolute Gasteiger partial charge is 0.252 e. The van der Waals surface area contributed by atoms with E-state index >= 15 is 0 Å². The number of fused-ring (bicyclic) bond motifs is 4. The maximum Gasteiger partial charge on any atom is 0.252 e. The van der Waals surface area contributed by atoms with E-state index in [9.17, 15) is 0 Å². The lowest BCUT2D eigenvalue weighted by atomic mass is 9.33. The van der Waals surface area contributed by atoms with Crippen LogP contribution in [0.2, 0.25) is 0 Å². The van der Waals surface area contributed by atoms with E-state index in [0.717, 1.165) is 0 Å². The minimum absolute atomic E-state index is 0.0849. The van der Waals surface area contributed by atoms with E-state index in [4.69, 9.17) is 0 Å². The van der Waals surface area contributed by atoms with Crippen LogP contribution in [0.25, 0.3) is 43.4 Å². The summed E-state index contributed by atoms with van der Waals surface area (Å²) < 4.78 is 0. The molecular weight excluding hydrogens is 663 g/mol. The van der Waals surface area contributed by atoms with Crippen molar-refractivity contribution in [1.29, 1.82) is 0 Å². The second kappa shape index (κ2) is 12.1.